The molecular formula is C15H24ClNO. The predicted octanol–water partition coefficient (Wildman–Crippen LogP) is 4.05. The second-order valence-electron chi connectivity index (χ2n) is 5.96. The van der Waals surface area contributed by atoms with E-state index in [1.54, 1.807) is 0 Å². The molecule has 1 aromatic carbocycles. The van der Waals surface area contributed by atoms with Crippen LogP contribution in [0, 0.1) is 12.8 Å². The Morgan fingerprint density at radius 1 is 1.33 bits per heavy atom. The highest BCUT2D eigenvalue weighted by Crippen LogP contribution is 2.22. The fourth-order valence-corrected chi connectivity index (χ4v) is 1.66. The summed E-state index contributed by atoms with van der Waals surface area (Å²) in [6, 6.07) is 5.74. The van der Waals surface area contributed by atoms with Crippen LogP contribution in [-0.4, -0.2) is 18.7 Å². The van der Waals surface area contributed by atoms with Crippen LogP contribution in [0.2, 0.25) is 5.02 Å². The normalized spacial score (nSPS) is 13.4. The Balaban J connectivity index is 2.42. The first-order valence-electron chi connectivity index (χ1n) is 6.42. The van der Waals surface area contributed by atoms with Gasteiger partial charge in [-0.05, 0) is 45.4 Å². The van der Waals surface area contributed by atoms with Crippen LogP contribution in [0.3, 0.4) is 0 Å². The fourth-order valence-electron chi connectivity index (χ4n) is 1.50. The van der Waals surface area contributed by atoms with Crippen molar-refractivity contribution in [3.8, 4) is 5.75 Å². The highest BCUT2D eigenvalue weighted by atomic mass is 35.5. The molecule has 1 atom stereocenters. The van der Waals surface area contributed by atoms with Crippen molar-refractivity contribution in [1.82, 2.24) is 5.32 Å². The molecule has 102 valence electrons. The van der Waals surface area contributed by atoms with Gasteiger partial charge in [-0.25, -0.2) is 0 Å². The van der Waals surface area contributed by atoms with Crippen LogP contribution in [0.5, 0.6) is 5.75 Å². The van der Waals surface area contributed by atoms with Crippen LogP contribution in [0.25, 0.3) is 0 Å². The predicted molar refractivity (Wildman–Crippen MR) is 78.6 cm³/mol. The van der Waals surface area contributed by atoms with Crippen molar-refractivity contribution in [1.29, 1.82) is 0 Å². The van der Waals surface area contributed by atoms with Crippen LogP contribution in [0.15, 0.2) is 18.2 Å². The van der Waals surface area contributed by atoms with Crippen molar-refractivity contribution in [2.24, 2.45) is 5.92 Å². The highest BCUT2D eigenvalue weighted by molar-refractivity contribution is 6.30. The molecule has 0 spiro atoms. The van der Waals surface area contributed by atoms with Crippen molar-refractivity contribution in [2.75, 3.05) is 13.2 Å². The minimum absolute atomic E-state index is 0.153. The lowest BCUT2D eigenvalue weighted by molar-refractivity contribution is 0.243. The van der Waals surface area contributed by atoms with Gasteiger partial charge in [-0.2, -0.15) is 0 Å². The molecule has 1 rings (SSSR count). The van der Waals surface area contributed by atoms with Gasteiger partial charge < -0.3 is 10.1 Å². The first-order valence-corrected chi connectivity index (χ1v) is 6.80. The largest absolute Gasteiger partial charge is 0.493 e. The summed E-state index contributed by atoms with van der Waals surface area (Å²) in [6.45, 7) is 12.4. The molecule has 0 bridgehead atoms. The molecule has 0 saturated carbocycles. The summed E-state index contributed by atoms with van der Waals surface area (Å²) in [5.74, 6) is 1.34. The van der Waals surface area contributed by atoms with Crippen molar-refractivity contribution >= 4 is 11.6 Å². The lowest BCUT2D eigenvalue weighted by Gasteiger charge is -2.23. The minimum atomic E-state index is 0.153. The van der Waals surface area contributed by atoms with E-state index in [2.05, 4.69) is 33.0 Å². The summed E-state index contributed by atoms with van der Waals surface area (Å²) in [5, 5.41) is 4.20. The van der Waals surface area contributed by atoms with E-state index in [9.17, 15) is 0 Å². The molecule has 0 aromatic heterocycles. The van der Waals surface area contributed by atoms with Crippen LogP contribution in [-0.2, 0) is 0 Å². The molecule has 0 fully saturated rings. The van der Waals surface area contributed by atoms with Crippen LogP contribution < -0.4 is 10.1 Å². The standard InChI is InChI=1S/C15H24ClNO/c1-11(9-17-15(3,4)5)10-18-14-8-13(16)7-6-12(14)2/h6-8,11,17H,9-10H2,1-5H3. The summed E-state index contributed by atoms with van der Waals surface area (Å²) in [4.78, 5) is 0. The maximum absolute atomic E-state index is 5.96. The van der Waals surface area contributed by atoms with Crippen molar-refractivity contribution in [3.05, 3.63) is 28.8 Å². The molecule has 0 aliphatic rings. The summed E-state index contributed by atoms with van der Waals surface area (Å²) in [6.07, 6.45) is 0. The number of ether oxygens (including phenoxy) is 1. The maximum atomic E-state index is 5.96. The van der Waals surface area contributed by atoms with Crippen LogP contribution in [0.1, 0.15) is 33.3 Å². The smallest absolute Gasteiger partial charge is 0.123 e. The zero-order chi connectivity index (χ0) is 13.8. The van der Waals surface area contributed by atoms with E-state index in [0.717, 1.165) is 22.9 Å². The Kier molecular flexibility index (Phi) is 5.48. The molecular weight excluding hydrogens is 246 g/mol. The number of benzene rings is 1. The molecule has 3 heteroatoms. The average molecular weight is 270 g/mol. The zero-order valence-electron chi connectivity index (χ0n) is 12.0. The van der Waals surface area contributed by atoms with Crippen molar-refractivity contribution in [3.63, 3.8) is 0 Å². The van der Waals surface area contributed by atoms with E-state index in [1.807, 2.05) is 25.1 Å². The highest BCUT2D eigenvalue weighted by Gasteiger charge is 2.12. The monoisotopic (exact) mass is 269 g/mol. The Labute approximate surface area is 116 Å². The Morgan fingerprint density at radius 2 is 2.00 bits per heavy atom. The number of hydrogen-bond acceptors (Lipinski definition) is 2. The first kappa shape index (κ1) is 15.3. The van der Waals surface area contributed by atoms with Gasteiger partial charge in [0.2, 0.25) is 0 Å². The Hall–Kier alpha value is -0.730. The van der Waals surface area contributed by atoms with Gasteiger partial charge in [-0.15, -0.1) is 0 Å². The molecule has 0 aliphatic heterocycles. The average Bonchev–Trinajstić information content (AvgIpc) is 2.26. The van der Waals surface area contributed by atoms with Gasteiger partial charge in [-0.3, -0.25) is 0 Å². The van der Waals surface area contributed by atoms with Gasteiger partial charge in [-0.1, -0.05) is 24.6 Å². The number of hydrogen-bond donors (Lipinski definition) is 1. The molecule has 1 unspecified atom stereocenters. The molecule has 0 amide bonds. The molecule has 0 aliphatic carbocycles. The zero-order valence-corrected chi connectivity index (χ0v) is 12.8. The quantitative estimate of drug-likeness (QED) is 0.871. The Bertz CT molecular complexity index is 385. The topological polar surface area (TPSA) is 21.3 Å². The van der Waals surface area contributed by atoms with E-state index < -0.39 is 0 Å². The van der Waals surface area contributed by atoms with Crippen LogP contribution >= 0.6 is 11.6 Å². The lowest BCUT2D eigenvalue weighted by Crippen LogP contribution is -2.39. The number of rotatable bonds is 5. The molecule has 18 heavy (non-hydrogen) atoms. The number of nitrogens with one attached hydrogen (secondary N) is 1. The third-order valence-corrected chi connectivity index (χ3v) is 2.89. The molecule has 0 radical (unpaired) electrons. The van der Waals surface area contributed by atoms with Gasteiger partial charge in [0.15, 0.2) is 0 Å². The van der Waals surface area contributed by atoms with E-state index in [-0.39, 0.29) is 5.54 Å². The fraction of sp³-hybridized carbons (Fsp3) is 0.600. The maximum Gasteiger partial charge on any atom is 0.123 e. The van der Waals surface area contributed by atoms with Gasteiger partial charge in [0.1, 0.15) is 5.75 Å². The second kappa shape index (κ2) is 6.44. The van der Waals surface area contributed by atoms with Crippen molar-refractivity contribution < 1.29 is 4.74 Å². The van der Waals surface area contributed by atoms with E-state index >= 15 is 0 Å². The first-order chi connectivity index (χ1) is 8.28. The SMILES string of the molecule is Cc1ccc(Cl)cc1OCC(C)CNC(C)(C)C. The van der Waals surface area contributed by atoms with Crippen LogP contribution in [0.4, 0.5) is 0 Å². The second-order valence-corrected chi connectivity index (χ2v) is 6.39. The van der Waals surface area contributed by atoms with E-state index in [1.165, 1.54) is 0 Å². The van der Waals surface area contributed by atoms with E-state index in [0.29, 0.717) is 12.5 Å². The Morgan fingerprint density at radius 3 is 2.61 bits per heavy atom. The molecule has 0 saturated heterocycles. The minimum Gasteiger partial charge on any atom is -0.493 e. The molecule has 0 heterocycles. The number of aryl methyl sites for hydroxylation is 1. The summed E-state index contributed by atoms with van der Waals surface area (Å²) < 4.78 is 5.82. The summed E-state index contributed by atoms with van der Waals surface area (Å²) >= 11 is 5.96. The number of halogens is 1. The van der Waals surface area contributed by atoms with Gasteiger partial charge in [0, 0.05) is 23.0 Å². The van der Waals surface area contributed by atoms with Gasteiger partial charge >= 0.3 is 0 Å². The van der Waals surface area contributed by atoms with E-state index in [4.69, 9.17) is 16.3 Å². The van der Waals surface area contributed by atoms with Gasteiger partial charge in [0.05, 0.1) is 6.61 Å². The summed E-state index contributed by atoms with van der Waals surface area (Å²) in [7, 11) is 0. The molecule has 1 N–H and O–H groups in total. The molecule has 2 nitrogen and oxygen atoms in total. The molecule has 1 aromatic rings. The third kappa shape index (κ3) is 5.74. The lowest BCUT2D eigenvalue weighted by atomic mass is 10.1. The van der Waals surface area contributed by atoms with Crippen molar-refractivity contribution in [2.45, 2.75) is 40.2 Å². The summed E-state index contributed by atoms with van der Waals surface area (Å²) in [5.41, 5.74) is 1.27. The third-order valence-electron chi connectivity index (χ3n) is 2.65. The van der Waals surface area contributed by atoms with Gasteiger partial charge in [0.25, 0.3) is 0 Å².